The fourth-order valence-corrected chi connectivity index (χ4v) is 1.14. The Morgan fingerprint density at radius 2 is 1.93 bits per heavy atom. The molecule has 0 aromatic heterocycles. The molecule has 4 heteroatoms. The van der Waals surface area contributed by atoms with Gasteiger partial charge < -0.3 is 15.5 Å². The Labute approximate surface area is 87.0 Å². The van der Waals surface area contributed by atoms with Gasteiger partial charge in [-0.15, -0.1) is 0 Å². The van der Waals surface area contributed by atoms with Gasteiger partial charge in [-0.1, -0.05) is 6.92 Å². The minimum absolute atomic E-state index is 0.0567. The Hall–Kier alpha value is -0.610. The predicted octanol–water partition coefficient (Wildman–Crippen LogP) is 0.0523. The van der Waals surface area contributed by atoms with E-state index in [0.717, 1.165) is 13.1 Å². The largest absolute Gasteiger partial charge is 0.353 e. The molecule has 14 heavy (non-hydrogen) atoms. The molecule has 0 bridgehead atoms. The van der Waals surface area contributed by atoms with Crippen LogP contribution in [0.2, 0.25) is 0 Å². The minimum Gasteiger partial charge on any atom is -0.353 e. The molecule has 0 saturated carbocycles. The molecule has 0 heterocycles. The molecule has 0 spiro atoms. The van der Waals surface area contributed by atoms with Gasteiger partial charge in [0.25, 0.3) is 0 Å². The van der Waals surface area contributed by atoms with E-state index in [1.165, 1.54) is 0 Å². The molecule has 0 aliphatic rings. The monoisotopic (exact) mass is 201 g/mol. The molecule has 0 aromatic carbocycles. The van der Waals surface area contributed by atoms with Crippen LogP contribution in [0.1, 0.15) is 20.8 Å². The predicted molar refractivity (Wildman–Crippen MR) is 59.3 cm³/mol. The third-order valence-electron chi connectivity index (χ3n) is 2.03. The molecule has 0 aliphatic heterocycles. The molecule has 0 fully saturated rings. The van der Waals surface area contributed by atoms with E-state index in [4.69, 9.17) is 0 Å². The first-order chi connectivity index (χ1) is 6.40. The number of hydrogen-bond acceptors (Lipinski definition) is 3. The second kappa shape index (κ2) is 5.98. The van der Waals surface area contributed by atoms with Crippen molar-refractivity contribution < 1.29 is 4.79 Å². The Kier molecular flexibility index (Phi) is 5.72. The molecule has 1 amide bonds. The summed E-state index contributed by atoms with van der Waals surface area (Å²) in [6, 6.07) is 0. The van der Waals surface area contributed by atoms with E-state index < -0.39 is 5.54 Å². The van der Waals surface area contributed by atoms with Gasteiger partial charge in [0, 0.05) is 13.1 Å². The quantitative estimate of drug-likeness (QED) is 0.638. The Morgan fingerprint density at radius 3 is 2.36 bits per heavy atom. The number of carbonyl (C=O) groups excluding carboxylic acids is 1. The van der Waals surface area contributed by atoms with E-state index in [0.29, 0.717) is 6.54 Å². The standard InChI is InChI=1S/C10H23N3O/c1-6-12-10(2,3)9(14)11-7-8-13(4)5/h12H,6-8H2,1-5H3,(H,11,14). The zero-order valence-corrected chi connectivity index (χ0v) is 9.98. The zero-order chi connectivity index (χ0) is 11.2. The van der Waals surface area contributed by atoms with Gasteiger partial charge in [0.15, 0.2) is 0 Å². The Balaban J connectivity index is 3.83. The molecular weight excluding hydrogens is 178 g/mol. The highest BCUT2D eigenvalue weighted by Gasteiger charge is 2.25. The number of likely N-dealkylation sites (N-methyl/N-ethyl adjacent to an activating group) is 2. The number of nitrogens with one attached hydrogen (secondary N) is 2. The lowest BCUT2D eigenvalue weighted by atomic mass is 10.0. The molecule has 0 radical (unpaired) electrons. The van der Waals surface area contributed by atoms with Gasteiger partial charge >= 0.3 is 0 Å². The first-order valence-corrected chi connectivity index (χ1v) is 5.08. The van der Waals surface area contributed by atoms with Crippen molar-refractivity contribution in [3.8, 4) is 0 Å². The topological polar surface area (TPSA) is 44.4 Å². The van der Waals surface area contributed by atoms with Gasteiger partial charge in [-0.05, 0) is 34.5 Å². The van der Waals surface area contributed by atoms with Crippen LogP contribution in [0.25, 0.3) is 0 Å². The third-order valence-corrected chi connectivity index (χ3v) is 2.03. The van der Waals surface area contributed by atoms with Crippen molar-refractivity contribution in [1.82, 2.24) is 15.5 Å². The summed E-state index contributed by atoms with van der Waals surface area (Å²) < 4.78 is 0. The van der Waals surface area contributed by atoms with Gasteiger partial charge in [0.2, 0.25) is 5.91 Å². The molecule has 0 atom stereocenters. The molecule has 4 nitrogen and oxygen atoms in total. The van der Waals surface area contributed by atoms with Crippen LogP contribution in [0, 0.1) is 0 Å². The highest BCUT2D eigenvalue weighted by molar-refractivity contribution is 5.85. The molecular formula is C10H23N3O. The van der Waals surface area contributed by atoms with Crippen LogP contribution in [0.15, 0.2) is 0 Å². The van der Waals surface area contributed by atoms with E-state index in [2.05, 4.69) is 10.6 Å². The molecule has 2 N–H and O–H groups in total. The van der Waals surface area contributed by atoms with E-state index in [-0.39, 0.29) is 5.91 Å². The molecule has 84 valence electrons. The van der Waals surface area contributed by atoms with Gasteiger partial charge in [-0.3, -0.25) is 4.79 Å². The van der Waals surface area contributed by atoms with Crippen LogP contribution < -0.4 is 10.6 Å². The molecule has 0 aliphatic carbocycles. The SMILES string of the molecule is CCNC(C)(C)C(=O)NCCN(C)C. The van der Waals surface area contributed by atoms with Crippen LogP contribution in [-0.4, -0.2) is 50.1 Å². The second-order valence-electron chi connectivity index (χ2n) is 4.21. The Morgan fingerprint density at radius 1 is 1.36 bits per heavy atom. The summed E-state index contributed by atoms with van der Waals surface area (Å²) in [7, 11) is 3.98. The lowest BCUT2D eigenvalue weighted by molar-refractivity contribution is -0.126. The first kappa shape index (κ1) is 13.4. The second-order valence-corrected chi connectivity index (χ2v) is 4.21. The lowest BCUT2D eigenvalue weighted by Crippen LogP contribution is -2.53. The maximum absolute atomic E-state index is 11.6. The summed E-state index contributed by atoms with van der Waals surface area (Å²) in [5.74, 6) is 0.0567. The summed E-state index contributed by atoms with van der Waals surface area (Å²) >= 11 is 0. The number of carbonyl (C=O) groups is 1. The molecule has 0 aromatic rings. The first-order valence-electron chi connectivity index (χ1n) is 5.08. The van der Waals surface area contributed by atoms with E-state index in [9.17, 15) is 4.79 Å². The van der Waals surface area contributed by atoms with E-state index in [1.54, 1.807) is 0 Å². The number of hydrogen-bond donors (Lipinski definition) is 2. The number of nitrogens with zero attached hydrogens (tertiary/aromatic N) is 1. The minimum atomic E-state index is -0.471. The van der Waals surface area contributed by atoms with Crippen molar-refractivity contribution in [1.29, 1.82) is 0 Å². The van der Waals surface area contributed by atoms with Crippen molar-refractivity contribution in [2.24, 2.45) is 0 Å². The summed E-state index contributed by atoms with van der Waals surface area (Å²) in [5, 5.41) is 6.03. The van der Waals surface area contributed by atoms with E-state index >= 15 is 0 Å². The van der Waals surface area contributed by atoms with Crippen LogP contribution >= 0.6 is 0 Å². The molecule has 0 rings (SSSR count). The van der Waals surface area contributed by atoms with Gasteiger partial charge in [-0.25, -0.2) is 0 Å². The van der Waals surface area contributed by atoms with Crippen LogP contribution in [-0.2, 0) is 4.79 Å². The molecule has 0 saturated heterocycles. The van der Waals surface area contributed by atoms with Crippen LogP contribution in [0.3, 0.4) is 0 Å². The maximum atomic E-state index is 11.6. The lowest BCUT2D eigenvalue weighted by Gasteiger charge is -2.24. The fraction of sp³-hybridized carbons (Fsp3) is 0.900. The number of rotatable bonds is 6. The highest BCUT2D eigenvalue weighted by Crippen LogP contribution is 2.00. The average molecular weight is 201 g/mol. The van der Waals surface area contributed by atoms with Crippen molar-refractivity contribution in [2.75, 3.05) is 33.7 Å². The summed E-state index contributed by atoms with van der Waals surface area (Å²) in [6.45, 7) is 8.14. The van der Waals surface area contributed by atoms with Gasteiger partial charge in [0.05, 0.1) is 5.54 Å². The van der Waals surface area contributed by atoms with Crippen molar-refractivity contribution in [3.63, 3.8) is 0 Å². The number of amides is 1. The zero-order valence-electron chi connectivity index (χ0n) is 9.98. The van der Waals surface area contributed by atoms with Gasteiger partial charge in [-0.2, -0.15) is 0 Å². The smallest absolute Gasteiger partial charge is 0.239 e. The normalized spacial score (nSPS) is 11.9. The van der Waals surface area contributed by atoms with E-state index in [1.807, 2.05) is 39.8 Å². The third kappa shape index (κ3) is 5.19. The maximum Gasteiger partial charge on any atom is 0.239 e. The average Bonchev–Trinajstić information content (AvgIpc) is 2.03. The molecule has 0 unspecified atom stereocenters. The summed E-state index contributed by atoms with van der Waals surface area (Å²) in [6.07, 6.45) is 0. The Bertz CT molecular complexity index is 178. The van der Waals surface area contributed by atoms with Crippen molar-refractivity contribution in [3.05, 3.63) is 0 Å². The van der Waals surface area contributed by atoms with Crippen LogP contribution in [0.5, 0.6) is 0 Å². The van der Waals surface area contributed by atoms with Crippen LogP contribution in [0.4, 0.5) is 0 Å². The summed E-state index contributed by atoms with van der Waals surface area (Å²) in [5.41, 5.74) is -0.471. The van der Waals surface area contributed by atoms with Crippen molar-refractivity contribution in [2.45, 2.75) is 26.3 Å². The summed E-state index contributed by atoms with van der Waals surface area (Å²) in [4.78, 5) is 13.7. The van der Waals surface area contributed by atoms with Crippen molar-refractivity contribution >= 4 is 5.91 Å². The van der Waals surface area contributed by atoms with Gasteiger partial charge in [0.1, 0.15) is 0 Å². The highest BCUT2D eigenvalue weighted by atomic mass is 16.2. The fourth-order valence-electron chi connectivity index (χ4n) is 1.14.